The van der Waals surface area contributed by atoms with Gasteiger partial charge in [-0.05, 0) is 57.8 Å². The first-order valence-corrected chi connectivity index (χ1v) is 30.8. The van der Waals surface area contributed by atoms with Gasteiger partial charge in [0.2, 0.25) is 0 Å². The van der Waals surface area contributed by atoms with Crippen LogP contribution in [0.2, 0.25) is 0 Å². The molecule has 0 fully saturated rings. The van der Waals surface area contributed by atoms with Crippen LogP contribution in [0.5, 0.6) is 0 Å². The lowest BCUT2D eigenvalue weighted by molar-refractivity contribution is -0.162. The summed E-state index contributed by atoms with van der Waals surface area (Å²) in [7, 11) is 0. The Hall–Kier alpha value is -2.40. The van der Waals surface area contributed by atoms with Crippen LogP contribution in [0.4, 0.5) is 0 Å². The zero-order valence-corrected chi connectivity index (χ0v) is 47.0. The number of hydrogen-bond acceptors (Lipinski definition) is 5. The number of esters is 2. The topological polar surface area (TPSA) is 61.8 Å². The molecular weight excluding hydrogens is 861 g/mol. The minimum atomic E-state index is -0.564. The maximum absolute atomic E-state index is 12.9. The fraction of sp³-hybridized carbons (Fsp3) is 0.815. The van der Waals surface area contributed by atoms with Crippen molar-refractivity contribution in [1.82, 2.24) is 0 Å². The maximum Gasteiger partial charge on any atom is 0.306 e. The monoisotopic (exact) mass is 979 g/mol. The van der Waals surface area contributed by atoms with Gasteiger partial charge < -0.3 is 14.2 Å². The lowest BCUT2D eigenvalue weighted by atomic mass is 10.0. The molecule has 408 valence electrons. The molecule has 0 spiro atoms. The Morgan fingerprint density at radius 1 is 0.314 bits per heavy atom. The number of hydrogen-bond donors (Lipinski definition) is 0. The van der Waals surface area contributed by atoms with Gasteiger partial charge in [-0.25, -0.2) is 0 Å². The average molecular weight is 980 g/mol. The molecule has 0 aromatic rings. The van der Waals surface area contributed by atoms with Crippen molar-refractivity contribution in [3.63, 3.8) is 0 Å². The predicted octanol–water partition coefficient (Wildman–Crippen LogP) is 21.2. The third-order valence-electron chi connectivity index (χ3n) is 13.6. The highest BCUT2D eigenvalue weighted by atomic mass is 16.6. The van der Waals surface area contributed by atoms with Gasteiger partial charge in [0.05, 0.1) is 6.61 Å². The molecule has 70 heavy (non-hydrogen) atoms. The molecule has 1 atom stereocenters. The van der Waals surface area contributed by atoms with E-state index in [0.29, 0.717) is 25.9 Å². The number of ether oxygens (including phenoxy) is 3. The molecule has 0 saturated heterocycles. The summed E-state index contributed by atoms with van der Waals surface area (Å²) >= 11 is 0. The van der Waals surface area contributed by atoms with Crippen LogP contribution in [0, 0.1) is 0 Å². The Labute approximate surface area is 436 Å². The Kier molecular flexibility index (Phi) is 58.8. The molecule has 0 aliphatic heterocycles. The van der Waals surface area contributed by atoms with Crippen LogP contribution in [-0.2, 0) is 23.8 Å². The quantitative estimate of drug-likeness (QED) is 0.0345. The second-order valence-corrected chi connectivity index (χ2v) is 20.6. The van der Waals surface area contributed by atoms with Crippen LogP contribution < -0.4 is 0 Å². The molecule has 0 aliphatic rings. The lowest BCUT2D eigenvalue weighted by Gasteiger charge is -2.18. The van der Waals surface area contributed by atoms with Crippen molar-refractivity contribution in [2.24, 2.45) is 0 Å². The molecule has 0 bridgehead atoms. The van der Waals surface area contributed by atoms with E-state index in [4.69, 9.17) is 14.2 Å². The van der Waals surface area contributed by atoms with Crippen LogP contribution in [0.1, 0.15) is 316 Å². The minimum Gasteiger partial charge on any atom is -0.462 e. The molecule has 0 saturated carbocycles. The summed E-state index contributed by atoms with van der Waals surface area (Å²) in [6.07, 6.45) is 78.4. The highest BCUT2D eigenvalue weighted by Gasteiger charge is 2.17. The van der Waals surface area contributed by atoms with Crippen molar-refractivity contribution in [1.29, 1.82) is 0 Å². The largest absolute Gasteiger partial charge is 0.462 e. The summed E-state index contributed by atoms with van der Waals surface area (Å²) in [6.45, 7) is 7.79. The first kappa shape index (κ1) is 67.6. The van der Waals surface area contributed by atoms with E-state index in [0.717, 1.165) is 51.4 Å². The van der Waals surface area contributed by atoms with Gasteiger partial charge in [0.25, 0.3) is 0 Å². The van der Waals surface area contributed by atoms with E-state index in [2.05, 4.69) is 75.5 Å². The van der Waals surface area contributed by atoms with E-state index in [1.165, 1.54) is 225 Å². The van der Waals surface area contributed by atoms with Gasteiger partial charge in [-0.2, -0.15) is 0 Å². The van der Waals surface area contributed by atoms with Crippen LogP contribution in [-0.4, -0.2) is 37.9 Å². The zero-order valence-electron chi connectivity index (χ0n) is 47.0. The average Bonchev–Trinajstić information content (AvgIpc) is 3.36. The van der Waals surface area contributed by atoms with Crippen LogP contribution in [0.15, 0.2) is 60.8 Å². The Morgan fingerprint density at radius 2 is 0.629 bits per heavy atom. The molecule has 0 unspecified atom stereocenters. The highest BCUT2D eigenvalue weighted by Crippen LogP contribution is 2.17. The summed E-state index contributed by atoms with van der Waals surface area (Å²) in [5, 5.41) is 0. The SMILES string of the molecule is CCCCC/C=C\C/C=C\C/C=C\C/C=C\C/C=C\CCC(=O)OC[C@@H](COCCCCCCCCCCCCCCCCCC)OC(=O)CCCCCCCCCCCCCCCCCCCCC. The summed E-state index contributed by atoms with van der Waals surface area (Å²) < 4.78 is 17.5. The number of unbranched alkanes of at least 4 members (excludes halogenated alkanes) is 36. The summed E-state index contributed by atoms with van der Waals surface area (Å²) in [4.78, 5) is 25.5. The number of rotatable bonds is 57. The third-order valence-corrected chi connectivity index (χ3v) is 13.6. The van der Waals surface area contributed by atoms with E-state index in [1.54, 1.807) is 0 Å². The van der Waals surface area contributed by atoms with Gasteiger partial charge in [0, 0.05) is 19.4 Å². The molecule has 0 N–H and O–H groups in total. The lowest BCUT2D eigenvalue weighted by Crippen LogP contribution is -2.30. The minimum absolute atomic E-state index is 0.0503. The molecule has 0 rings (SSSR count). The number of carbonyl (C=O) groups is 2. The Bertz CT molecular complexity index is 1200. The van der Waals surface area contributed by atoms with Crippen molar-refractivity contribution >= 4 is 11.9 Å². The van der Waals surface area contributed by atoms with Gasteiger partial charge in [0.1, 0.15) is 6.61 Å². The molecule has 0 aliphatic carbocycles. The summed E-state index contributed by atoms with van der Waals surface area (Å²) in [6, 6.07) is 0. The Morgan fingerprint density at radius 3 is 1.01 bits per heavy atom. The number of carbonyl (C=O) groups excluding carboxylic acids is 2. The molecule has 0 aromatic carbocycles. The predicted molar refractivity (Wildman–Crippen MR) is 307 cm³/mol. The first-order chi connectivity index (χ1) is 34.6. The van der Waals surface area contributed by atoms with Gasteiger partial charge >= 0.3 is 11.9 Å². The molecule has 5 heteroatoms. The molecule has 0 heterocycles. The van der Waals surface area contributed by atoms with E-state index >= 15 is 0 Å². The van der Waals surface area contributed by atoms with Gasteiger partial charge in [-0.1, -0.05) is 306 Å². The fourth-order valence-corrected chi connectivity index (χ4v) is 8.97. The van der Waals surface area contributed by atoms with Crippen molar-refractivity contribution < 1.29 is 23.8 Å². The van der Waals surface area contributed by atoms with Crippen LogP contribution in [0.3, 0.4) is 0 Å². The smallest absolute Gasteiger partial charge is 0.306 e. The molecule has 5 nitrogen and oxygen atoms in total. The zero-order chi connectivity index (χ0) is 50.6. The van der Waals surface area contributed by atoms with E-state index < -0.39 is 6.10 Å². The third kappa shape index (κ3) is 58.2. The van der Waals surface area contributed by atoms with Crippen molar-refractivity contribution in [3.05, 3.63) is 60.8 Å². The summed E-state index contributed by atoms with van der Waals surface area (Å²) in [5.74, 6) is -0.473. The second kappa shape index (κ2) is 60.9. The molecule has 0 radical (unpaired) electrons. The molecule has 0 aromatic heterocycles. The molecular formula is C65H118O5. The first-order valence-electron chi connectivity index (χ1n) is 30.8. The number of allylic oxidation sites excluding steroid dienone is 10. The van der Waals surface area contributed by atoms with Crippen molar-refractivity contribution in [2.75, 3.05) is 19.8 Å². The van der Waals surface area contributed by atoms with Gasteiger partial charge in [0.15, 0.2) is 6.10 Å². The standard InChI is InChI=1S/C65H118O5/c1-4-7-10-13-16-19-22-25-28-31-33-35-37-40-43-46-49-52-55-58-64(66)69-62-63(61-68-60-57-54-51-48-45-42-39-30-27-24-21-18-15-12-9-6-3)70-65(67)59-56-53-50-47-44-41-38-36-34-32-29-26-23-20-17-14-11-8-5-2/h16,19,25,28,33,35,40,43,49,52,63H,4-15,17-18,20-24,26-27,29-32,34,36-39,41-42,44-48,50-51,53-62H2,1-3H3/b19-16-,28-25-,35-33-,43-40-,52-49-/t63-/m1/s1. The van der Waals surface area contributed by atoms with Crippen LogP contribution in [0.25, 0.3) is 0 Å². The van der Waals surface area contributed by atoms with Crippen LogP contribution >= 0.6 is 0 Å². The van der Waals surface area contributed by atoms with Gasteiger partial charge in [-0.15, -0.1) is 0 Å². The second-order valence-electron chi connectivity index (χ2n) is 20.6. The Balaban J connectivity index is 4.33. The van der Waals surface area contributed by atoms with E-state index in [-0.39, 0.29) is 25.2 Å². The maximum atomic E-state index is 12.9. The van der Waals surface area contributed by atoms with Crippen molar-refractivity contribution in [2.45, 2.75) is 322 Å². The van der Waals surface area contributed by atoms with Gasteiger partial charge in [-0.3, -0.25) is 9.59 Å². The van der Waals surface area contributed by atoms with Crippen molar-refractivity contribution in [3.8, 4) is 0 Å². The van der Waals surface area contributed by atoms with E-state index in [1.807, 2.05) is 6.08 Å². The molecule has 0 amide bonds. The summed E-state index contributed by atoms with van der Waals surface area (Å²) in [5.41, 5.74) is 0. The highest BCUT2D eigenvalue weighted by molar-refractivity contribution is 5.70. The normalized spacial score (nSPS) is 12.6. The fourth-order valence-electron chi connectivity index (χ4n) is 8.97. The van der Waals surface area contributed by atoms with E-state index in [9.17, 15) is 9.59 Å².